The molecule has 5 aromatic rings. The van der Waals surface area contributed by atoms with E-state index < -0.39 is 15.8 Å². The predicted molar refractivity (Wildman–Crippen MR) is 134 cm³/mol. The van der Waals surface area contributed by atoms with Crippen LogP contribution in [0.15, 0.2) is 88.7 Å². The smallest absolute Gasteiger partial charge is 0.237 e. The molecule has 4 nitrogen and oxygen atoms in total. The summed E-state index contributed by atoms with van der Waals surface area (Å²) in [4.78, 5) is 4.55. The van der Waals surface area contributed by atoms with Gasteiger partial charge in [0.2, 0.25) is 0 Å². The van der Waals surface area contributed by atoms with Crippen LogP contribution in [0.4, 0.5) is 4.39 Å². The summed E-state index contributed by atoms with van der Waals surface area (Å²) in [7, 11) is -3.93. The molecule has 0 unspecified atom stereocenters. The Kier molecular flexibility index (Phi) is 6.44. The highest BCUT2D eigenvalue weighted by atomic mass is 32.2. The Hall–Kier alpha value is -3.29. The van der Waals surface area contributed by atoms with Crippen molar-refractivity contribution in [2.75, 3.05) is 0 Å². The van der Waals surface area contributed by atoms with Crippen molar-refractivity contribution in [3.63, 3.8) is 0 Å². The maximum Gasteiger partial charge on any atom is 0.269 e. The molecule has 0 amide bonds. The number of hydrogen-bond acceptors (Lipinski definition) is 4. The summed E-state index contributed by atoms with van der Waals surface area (Å²) in [6.07, 6.45) is 3.06. The second-order valence-corrected chi connectivity index (χ2v) is 9.80. The molecular weight excluding hydrogens is 455 g/mol. The van der Waals surface area contributed by atoms with Crippen molar-refractivity contribution in [2.45, 2.75) is 25.7 Å². The van der Waals surface area contributed by atoms with Gasteiger partial charge in [-0.1, -0.05) is 49.7 Å². The van der Waals surface area contributed by atoms with Crippen LogP contribution in [0.25, 0.3) is 33.3 Å². The molecule has 0 aliphatic carbocycles. The average Bonchev–Trinajstić information content (AvgIpc) is 3.50. The van der Waals surface area contributed by atoms with E-state index in [-0.39, 0.29) is 10.5 Å². The van der Waals surface area contributed by atoms with Crippen LogP contribution in [0.5, 0.6) is 0 Å². The Balaban J connectivity index is 0.00000126. The largest absolute Gasteiger partial charge is 0.269 e. The molecule has 0 radical (unpaired) electrons. The number of aryl methyl sites for hydroxylation is 1. The first kappa shape index (κ1) is 22.9. The van der Waals surface area contributed by atoms with E-state index in [9.17, 15) is 12.8 Å². The van der Waals surface area contributed by atoms with E-state index in [1.54, 1.807) is 48.7 Å². The number of nitrogens with zero attached hydrogens (tertiary/aromatic N) is 2. The first-order valence-electron chi connectivity index (χ1n) is 10.6. The minimum atomic E-state index is -3.93. The van der Waals surface area contributed by atoms with E-state index in [0.29, 0.717) is 16.5 Å². The van der Waals surface area contributed by atoms with Crippen molar-refractivity contribution in [2.24, 2.45) is 0 Å². The summed E-state index contributed by atoms with van der Waals surface area (Å²) in [5, 5.41) is 4.53. The zero-order valence-corrected chi connectivity index (χ0v) is 20.1. The molecular formula is C26H23FN2O2S2. The first-order valence-corrected chi connectivity index (χ1v) is 12.9. The molecule has 0 aliphatic rings. The lowest BCUT2D eigenvalue weighted by Gasteiger charge is -2.08. The molecule has 0 bridgehead atoms. The van der Waals surface area contributed by atoms with Crippen molar-refractivity contribution in [3.05, 3.63) is 95.2 Å². The monoisotopic (exact) mass is 478 g/mol. The van der Waals surface area contributed by atoms with Gasteiger partial charge in [-0.25, -0.2) is 21.8 Å². The minimum Gasteiger partial charge on any atom is -0.237 e. The summed E-state index contributed by atoms with van der Waals surface area (Å²) >= 11 is 1.54. The number of fused-ring (bicyclic) bond motifs is 1. The number of aromatic nitrogens is 2. The van der Waals surface area contributed by atoms with Crippen LogP contribution in [-0.4, -0.2) is 17.4 Å². The molecule has 0 saturated heterocycles. The lowest BCUT2D eigenvalue weighted by atomic mass is 9.99. The summed E-state index contributed by atoms with van der Waals surface area (Å²) in [5.41, 5.74) is 3.78. The molecule has 0 N–H and O–H groups in total. The van der Waals surface area contributed by atoms with E-state index >= 15 is 0 Å². The van der Waals surface area contributed by atoms with Gasteiger partial charge >= 0.3 is 0 Å². The number of pyridine rings is 1. The van der Waals surface area contributed by atoms with E-state index in [1.807, 2.05) is 43.7 Å². The maximum atomic E-state index is 14.8. The van der Waals surface area contributed by atoms with Crippen LogP contribution in [0.1, 0.15) is 19.4 Å². The van der Waals surface area contributed by atoms with E-state index in [2.05, 4.69) is 4.98 Å². The van der Waals surface area contributed by atoms with Gasteiger partial charge in [0, 0.05) is 28.9 Å². The standard InChI is InChI=1S/C24H17FN2O2S2.C2H6/c1-16-6-8-18(9-7-16)31(28,29)27-14-21(20-4-2-3-5-22(20)25)23-19(10-12-26-24(23)27)17-11-13-30-15-17;1-2/h2-15H,1H3;1-2H3. The van der Waals surface area contributed by atoms with Crippen molar-refractivity contribution >= 4 is 32.4 Å². The average molecular weight is 479 g/mol. The van der Waals surface area contributed by atoms with Gasteiger partial charge in [-0.15, -0.1) is 0 Å². The molecule has 168 valence electrons. The highest BCUT2D eigenvalue weighted by Gasteiger charge is 2.25. The van der Waals surface area contributed by atoms with Crippen LogP contribution >= 0.6 is 11.3 Å². The molecule has 0 aliphatic heterocycles. The van der Waals surface area contributed by atoms with Gasteiger partial charge < -0.3 is 0 Å². The lowest BCUT2D eigenvalue weighted by molar-refractivity contribution is 0.588. The fourth-order valence-electron chi connectivity index (χ4n) is 3.68. The van der Waals surface area contributed by atoms with E-state index in [4.69, 9.17) is 0 Å². The molecule has 0 spiro atoms. The fourth-order valence-corrected chi connectivity index (χ4v) is 5.65. The maximum absolute atomic E-state index is 14.8. The molecule has 33 heavy (non-hydrogen) atoms. The molecule has 0 atom stereocenters. The Morgan fingerprint density at radius 2 is 1.64 bits per heavy atom. The van der Waals surface area contributed by atoms with Crippen LogP contribution in [0.2, 0.25) is 0 Å². The zero-order chi connectivity index (χ0) is 23.6. The third-order valence-corrected chi connectivity index (χ3v) is 7.58. The van der Waals surface area contributed by atoms with Gasteiger partial charge in [0.1, 0.15) is 5.82 Å². The van der Waals surface area contributed by atoms with Crippen molar-refractivity contribution in [1.82, 2.24) is 8.96 Å². The molecule has 3 aromatic heterocycles. The topological polar surface area (TPSA) is 52.0 Å². The number of benzene rings is 2. The third kappa shape index (κ3) is 4.10. The van der Waals surface area contributed by atoms with Crippen molar-refractivity contribution < 1.29 is 12.8 Å². The van der Waals surface area contributed by atoms with Gasteiger partial charge in [0.05, 0.1) is 4.90 Å². The molecule has 2 aromatic carbocycles. The van der Waals surface area contributed by atoms with Crippen molar-refractivity contribution in [3.8, 4) is 22.3 Å². The van der Waals surface area contributed by atoms with E-state index in [1.165, 1.54) is 23.6 Å². The third-order valence-electron chi connectivity index (χ3n) is 5.23. The second-order valence-electron chi connectivity index (χ2n) is 7.21. The van der Waals surface area contributed by atoms with Gasteiger partial charge in [-0.2, -0.15) is 11.3 Å². The number of halogens is 1. The summed E-state index contributed by atoms with van der Waals surface area (Å²) in [6, 6.07) is 16.8. The van der Waals surface area contributed by atoms with Crippen LogP contribution < -0.4 is 0 Å². The Morgan fingerprint density at radius 1 is 0.909 bits per heavy atom. The molecule has 5 rings (SSSR count). The summed E-state index contributed by atoms with van der Waals surface area (Å²) < 4.78 is 43.0. The lowest BCUT2D eigenvalue weighted by Crippen LogP contribution is -2.12. The number of rotatable bonds is 4. The van der Waals surface area contributed by atoms with Crippen LogP contribution in [0.3, 0.4) is 0 Å². The predicted octanol–water partition coefficient (Wildman–Crippen LogP) is 7.14. The molecule has 0 saturated carbocycles. The van der Waals surface area contributed by atoms with Gasteiger partial charge in [-0.05, 0) is 59.1 Å². The minimum absolute atomic E-state index is 0.151. The van der Waals surface area contributed by atoms with Gasteiger partial charge in [0.25, 0.3) is 10.0 Å². The zero-order valence-electron chi connectivity index (χ0n) is 18.5. The Labute approximate surface area is 197 Å². The fraction of sp³-hybridized carbons (Fsp3) is 0.115. The van der Waals surface area contributed by atoms with Crippen LogP contribution in [-0.2, 0) is 10.0 Å². The SMILES string of the molecule is CC.Cc1ccc(S(=O)(=O)n2cc(-c3ccccc3F)c3c(-c4ccsc4)ccnc32)cc1. The second kappa shape index (κ2) is 9.29. The first-order chi connectivity index (χ1) is 16.0. The number of hydrogen-bond donors (Lipinski definition) is 0. The molecule has 7 heteroatoms. The summed E-state index contributed by atoms with van der Waals surface area (Å²) in [5.74, 6) is -0.422. The van der Waals surface area contributed by atoms with Gasteiger partial charge in [0.15, 0.2) is 5.65 Å². The van der Waals surface area contributed by atoms with Gasteiger partial charge in [-0.3, -0.25) is 0 Å². The van der Waals surface area contributed by atoms with Crippen LogP contribution in [0, 0.1) is 12.7 Å². The Morgan fingerprint density at radius 3 is 2.30 bits per heavy atom. The quantitative estimate of drug-likeness (QED) is 0.276. The normalized spacial score (nSPS) is 11.3. The van der Waals surface area contributed by atoms with Crippen molar-refractivity contribution in [1.29, 1.82) is 0 Å². The Bertz CT molecular complexity index is 1500. The summed E-state index contributed by atoms with van der Waals surface area (Å²) in [6.45, 7) is 5.90. The molecule has 3 heterocycles. The highest BCUT2D eigenvalue weighted by Crippen LogP contribution is 2.39. The highest BCUT2D eigenvalue weighted by molar-refractivity contribution is 7.90. The number of thiophene rings is 1. The molecule has 0 fully saturated rings. The van der Waals surface area contributed by atoms with E-state index in [0.717, 1.165) is 20.7 Å².